The zero-order chi connectivity index (χ0) is 14.4. The molecule has 0 spiro atoms. The van der Waals surface area contributed by atoms with Crippen molar-refractivity contribution in [2.75, 3.05) is 26.2 Å². The molecule has 2 heteroatoms. The second kappa shape index (κ2) is 7.80. The second-order valence-electron chi connectivity index (χ2n) is 6.51. The highest BCUT2D eigenvalue weighted by Crippen LogP contribution is 2.32. The van der Waals surface area contributed by atoms with Crippen molar-refractivity contribution in [1.82, 2.24) is 10.2 Å². The van der Waals surface area contributed by atoms with Crippen LogP contribution in [0.15, 0.2) is 30.3 Å². The zero-order valence-corrected chi connectivity index (χ0v) is 13.3. The van der Waals surface area contributed by atoms with Crippen LogP contribution in [0, 0.1) is 11.8 Å². The third-order valence-corrected chi connectivity index (χ3v) is 4.11. The van der Waals surface area contributed by atoms with Crippen LogP contribution >= 0.6 is 0 Å². The van der Waals surface area contributed by atoms with Crippen LogP contribution in [0.25, 0.3) is 0 Å². The molecule has 0 bridgehead atoms. The van der Waals surface area contributed by atoms with Crippen LogP contribution < -0.4 is 5.32 Å². The van der Waals surface area contributed by atoms with Gasteiger partial charge in [0.15, 0.2) is 0 Å². The van der Waals surface area contributed by atoms with Crippen LogP contribution in [0.2, 0.25) is 0 Å². The van der Waals surface area contributed by atoms with Crippen molar-refractivity contribution >= 4 is 0 Å². The van der Waals surface area contributed by atoms with E-state index in [-0.39, 0.29) is 0 Å². The molecule has 1 unspecified atom stereocenters. The Hall–Kier alpha value is -0.860. The molecule has 2 rings (SSSR count). The molecule has 1 aliphatic rings. The predicted molar refractivity (Wildman–Crippen MR) is 86.9 cm³/mol. The number of hydrogen-bond acceptors (Lipinski definition) is 2. The lowest BCUT2D eigenvalue weighted by molar-refractivity contribution is 0.193. The summed E-state index contributed by atoms with van der Waals surface area (Å²) in [6.45, 7) is 11.4. The maximum absolute atomic E-state index is 3.65. The van der Waals surface area contributed by atoms with E-state index in [4.69, 9.17) is 0 Å². The molecule has 1 aliphatic carbocycles. The summed E-state index contributed by atoms with van der Waals surface area (Å²) >= 11 is 0. The average Bonchev–Trinajstić information content (AvgIpc) is 3.26. The molecule has 2 nitrogen and oxygen atoms in total. The lowest BCUT2D eigenvalue weighted by atomic mass is 10.0. The highest BCUT2D eigenvalue weighted by Gasteiger charge is 2.27. The fraction of sp³-hybridized carbons (Fsp3) is 0.667. The van der Waals surface area contributed by atoms with Crippen LogP contribution in [0.1, 0.15) is 45.2 Å². The molecule has 1 atom stereocenters. The summed E-state index contributed by atoms with van der Waals surface area (Å²) < 4.78 is 0. The van der Waals surface area contributed by atoms with Crippen LogP contribution in [0.4, 0.5) is 0 Å². The van der Waals surface area contributed by atoms with E-state index < -0.39 is 0 Å². The molecule has 1 saturated carbocycles. The largest absolute Gasteiger partial charge is 0.315 e. The normalized spacial score (nSPS) is 16.9. The number of benzene rings is 1. The van der Waals surface area contributed by atoms with Gasteiger partial charge in [-0.15, -0.1) is 0 Å². The number of likely N-dealkylation sites (N-methyl/N-ethyl adjacent to an activating group) is 1. The molecular weight excluding hydrogens is 244 g/mol. The molecule has 1 aromatic carbocycles. The van der Waals surface area contributed by atoms with Gasteiger partial charge in [-0.05, 0) is 43.3 Å². The summed E-state index contributed by atoms with van der Waals surface area (Å²) in [6.07, 6.45) is 2.86. The highest BCUT2D eigenvalue weighted by molar-refractivity contribution is 5.19. The molecule has 1 fully saturated rings. The number of nitrogens with zero attached hydrogens (tertiary/aromatic N) is 1. The first kappa shape index (κ1) is 15.5. The number of nitrogens with one attached hydrogen (secondary N) is 1. The Morgan fingerprint density at radius 1 is 1.15 bits per heavy atom. The molecule has 0 heterocycles. The van der Waals surface area contributed by atoms with E-state index in [1.807, 2.05) is 0 Å². The Labute approximate surface area is 124 Å². The smallest absolute Gasteiger partial charge is 0.0472 e. The van der Waals surface area contributed by atoms with Crippen molar-refractivity contribution in [3.05, 3.63) is 35.9 Å². The van der Waals surface area contributed by atoms with Crippen molar-refractivity contribution < 1.29 is 0 Å². The molecule has 0 aromatic heterocycles. The van der Waals surface area contributed by atoms with Gasteiger partial charge < -0.3 is 5.32 Å². The van der Waals surface area contributed by atoms with Gasteiger partial charge in [0.25, 0.3) is 0 Å². The van der Waals surface area contributed by atoms with Crippen LogP contribution in [0.5, 0.6) is 0 Å². The first-order valence-corrected chi connectivity index (χ1v) is 8.20. The van der Waals surface area contributed by atoms with E-state index in [0.717, 1.165) is 25.6 Å². The van der Waals surface area contributed by atoms with Crippen molar-refractivity contribution in [1.29, 1.82) is 0 Å². The molecule has 0 amide bonds. The fourth-order valence-electron chi connectivity index (χ4n) is 2.75. The Kier molecular flexibility index (Phi) is 6.06. The van der Waals surface area contributed by atoms with Gasteiger partial charge in [0, 0.05) is 19.1 Å². The summed E-state index contributed by atoms with van der Waals surface area (Å²) in [7, 11) is 0. The predicted octanol–water partition coefficient (Wildman–Crippen LogP) is 3.71. The van der Waals surface area contributed by atoms with Crippen LogP contribution in [0.3, 0.4) is 0 Å². The van der Waals surface area contributed by atoms with Gasteiger partial charge in [0.2, 0.25) is 0 Å². The van der Waals surface area contributed by atoms with E-state index in [1.165, 1.54) is 24.9 Å². The van der Waals surface area contributed by atoms with Gasteiger partial charge in [-0.1, -0.05) is 51.1 Å². The van der Waals surface area contributed by atoms with E-state index >= 15 is 0 Å². The molecule has 112 valence electrons. The summed E-state index contributed by atoms with van der Waals surface area (Å²) in [5.74, 6) is 1.66. The van der Waals surface area contributed by atoms with Gasteiger partial charge in [-0.3, -0.25) is 4.90 Å². The molecule has 0 saturated heterocycles. The minimum absolute atomic E-state index is 0.514. The summed E-state index contributed by atoms with van der Waals surface area (Å²) in [4.78, 5) is 2.65. The third kappa shape index (κ3) is 4.92. The lowest BCUT2D eigenvalue weighted by Crippen LogP contribution is -2.38. The van der Waals surface area contributed by atoms with E-state index in [2.05, 4.69) is 61.3 Å². The minimum Gasteiger partial charge on any atom is -0.315 e. The van der Waals surface area contributed by atoms with Gasteiger partial charge >= 0.3 is 0 Å². The van der Waals surface area contributed by atoms with Crippen molar-refractivity contribution in [2.24, 2.45) is 11.8 Å². The topological polar surface area (TPSA) is 15.3 Å². The fourth-order valence-corrected chi connectivity index (χ4v) is 2.75. The minimum atomic E-state index is 0.514. The Morgan fingerprint density at radius 3 is 2.40 bits per heavy atom. The van der Waals surface area contributed by atoms with Crippen molar-refractivity contribution in [2.45, 2.75) is 39.7 Å². The standard InChI is InChI=1S/C18H30N2/c1-4-20(14-16-10-11-16)18(13-19-12-15(2)3)17-8-6-5-7-9-17/h5-9,15-16,18-19H,4,10-14H2,1-3H3. The average molecular weight is 274 g/mol. The monoisotopic (exact) mass is 274 g/mol. The van der Waals surface area contributed by atoms with Crippen LogP contribution in [-0.4, -0.2) is 31.1 Å². The van der Waals surface area contributed by atoms with Crippen molar-refractivity contribution in [3.63, 3.8) is 0 Å². The highest BCUT2D eigenvalue weighted by atomic mass is 15.2. The van der Waals surface area contributed by atoms with Gasteiger partial charge in [0.05, 0.1) is 0 Å². The Morgan fingerprint density at radius 2 is 1.85 bits per heavy atom. The third-order valence-electron chi connectivity index (χ3n) is 4.11. The van der Waals surface area contributed by atoms with Gasteiger partial charge in [-0.25, -0.2) is 0 Å². The lowest BCUT2D eigenvalue weighted by Gasteiger charge is -2.32. The summed E-state index contributed by atoms with van der Waals surface area (Å²) in [5.41, 5.74) is 1.45. The summed E-state index contributed by atoms with van der Waals surface area (Å²) in [5, 5.41) is 3.65. The molecule has 0 aliphatic heterocycles. The Bertz CT molecular complexity index is 370. The number of hydrogen-bond donors (Lipinski definition) is 1. The maximum Gasteiger partial charge on any atom is 0.0472 e. The van der Waals surface area contributed by atoms with Crippen molar-refractivity contribution in [3.8, 4) is 0 Å². The van der Waals surface area contributed by atoms with E-state index in [1.54, 1.807) is 0 Å². The maximum atomic E-state index is 3.65. The molecule has 1 N–H and O–H groups in total. The second-order valence-corrected chi connectivity index (χ2v) is 6.51. The number of rotatable bonds is 9. The van der Waals surface area contributed by atoms with Gasteiger partial charge in [0.1, 0.15) is 0 Å². The Balaban J connectivity index is 2.01. The molecule has 1 aromatic rings. The molecular formula is C18H30N2. The SMILES string of the molecule is CCN(CC1CC1)C(CNCC(C)C)c1ccccc1. The zero-order valence-electron chi connectivity index (χ0n) is 13.3. The van der Waals surface area contributed by atoms with E-state index in [9.17, 15) is 0 Å². The summed E-state index contributed by atoms with van der Waals surface area (Å²) in [6, 6.07) is 11.5. The molecule has 20 heavy (non-hydrogen) atoms. The first-order chi connectivity index (χ1) is 9.70. The van der Waals surface area contributed by atoms with E-state index in [0.29, 0.717) is 12.0 Å². The first-order valence-electron chi connectivity index (χ1n) is 8.20. The van der Waals surface area contributed by atoms with Crippen LogP contribution in [-0.2, 0) is 0 Å². The van der Waals surface area contributed by atoms with Gasteiger partial charge in [-0.2, -0.15) is 0 Å². The quantitative estimate of drug-likeness (QED) is 0.738. The molecule has 0 radical (unpaired) electrons.